The number of fused-ring (bicyclic) bond motifs is 1. The van der Waals surface area contributed by atoms with Crippen LogP contribution in [0.2, 0.25) is 0 Å². The molecule has 1 aliphatic carbocycles. The standard InChI is InChI=1S/C23H30O10/c1-29-13-7-15(30-2)18-16(8-13)31-10-14(19(18)25)11-3-5-12(6-4-11)32-23-22(28)21(27)20(26)17(9-24)33-23/h3-6,10,13,15-18,20-24,26-28H,7-9H2,1-2H3. The average molecular weight is 466 g/mol. The molecule has 2 heterocycles. The van der Waals surface area contributed by atoms with Crippen LogP contribution < -0.4 is 4.74 Å². The molecule has 2 aliphatic heterocycles. The number of rotatable bonds is 6. The zero-order chi connectivity index (χ0) is 23.7. The molecule has 10 nitrogen and oxygen atoms in total. The van der Waals surface area contributed by atoms with Crippen LogP contribution in [0.4, 0.5) is 0 Å². The Morgan fingerprint density at radius 3 is 2.36 bits per heavy atom. The second kappa shape index (κ2) is 10.1. The first-order valence-electron chi connectivity index (χ1n) is 10.9. The van der Waals surface area contributed by atoms with E-state index in [1.807, 2.05) is 0 Å². The highest BCUT2D eigenvalue weighted by molar-refractivity contribution is 6.22. The van der Waals surface area contributed by atoms with E-state index >= 15 is 0 Å². The lowest BCUT2D eigenvalue weighted by Crippen LogP contribution is -2.60. The van der Waals surface area contributed by atoms with Crippen molar-refractivity contribution >= 4 is 11.4 Å². The third-order valence-electron chi connectivity index (χ3n) is 6.62. The van der Waals surface area contributed by atoms with Crippen LogP contribution in [0, 0.1) is 5.92 Å². The van der Waals surface area contributed by atoms with E-state index in [0.717, 1.165) is 0 Å². The SMILES string of the molecule is COC1CC(OC)C2C(=O)C(c3ccc(OC4OC(CO)C(O)C(O)C4O)cc3)=COC2C1. The minimum atomic E-state index is -1.53. The molecular weight excluding hydrogens is 436 g/mol. The smallest absolute Gasteiger partial charge is 0.229 e. The van der Waals surface area contributed by atoms with E-state index in [9.17, 15) is 25.2 Å². The summed E-state index contributed by atoms with van der Waals surface area (Å²) in [7, 11) is 3.22. The highest BCUT2D eigenvalue weighted by Gasteiger charge is 2.47. The molecule has 1 saturated carbocycles. The molecule has 2 fully saturated rings. The predicted molar refractivity (Wildman–Crippen MR) is 113 cm³/mol. The average Bonchev–Trinajstić information content (AvgIpc) is 2.84. The van der Waals surface area contributed by atoms with Gasteiger partial charge in [-0.3, -0.25) is 4.79 Å². The molecule has 9 atom stereocenters. The van der Waals surface area contributed by atoms with Crippen molar-refractivity contribution in [2.24, 2.45) is 5.92 Å². The fraction of sp³-hybridized carbons (Fsp3) is 0.609. The van der Waals surface area contributed by atoms with Gasteiger partial charge in [0.05, 0.1) is 36.6 Å². The lowest BCUT2D eigenvalue weighted by molar-refractivity contribution is -0.277. The quantitative estimate of drug-likeness (QED) is 0.438. The van der Waals surface area contributed by atoms with E-state index in [2.05, 4.69) is 0 Å². The molecule has 0 radical (unpaired) electrons. The number of benzene rings is 1. The minimum absolute atomic E-state index is 0.0298. The van der Waals surface area contributed by atoms with Crippen molar-refractivity contribution in [3.63, 3.8) is 0 Å². The Kier molecular flexibility index (Phi) is 7.34. The van der Waals surface area contributed by atoms with Crippen molar-refractivity contribution in [1.82, 2.24) is 0 Å². The van der Waals surface area contributed by atoms with E-state index < -0.39 is 43.2 Å². The minimum Gasteiger partial charge on any atom is -0.496 e. The van der Waals surface area contributed by atoms with Crippen LogP contribution in [-0.2, 0) is 23.7 Å². The van der Waals surface area contributed by atoms with Crippen LogP contribution in [0.25, 0.3) is 5.57 Å². The van der Waals surface area contributed by atoms with Gasteiger partial charge in [-0.25, -0.2) is 0 Å². The molecule has 9 unspecified atom stereocenters. The third-order valence-corrected chi connectivity index (χ3v) is 6.62. The van der Waals surface area contributed by atoms with Crippen LogP contribution in [0.15, 0.2) is 30.5 Å². The largest absolute Gasteiger partial charge is 0.496 e. The number of aliphatic hydroxyl groups is 4. The van der Waals surface area contributed by atoms with Gasteiger partial charge in [0, 0.05) is 27.1 Å². The Balaban J connectivity index is 1.47. The topological polar surface area (TPSA) is 144 Å². The molecule has 3 aliphatic rings. The van der Waals surface area contributed by atoms with E-state index in [1.54, 1.807) is 38.5 Å². The third kappa shape index (κ3) is 4.65. The summed E-state index contributed by atoms with van der Waals surface area (Å²) in [5, 5.41) is 39.2. The number of Topliss-reactive ketones (excluding diaryl/α,β-unsaturated/α-hetero) is 1. The molecule has 1 saturated heterocycles. The monoisotopic (exact) mass is 466 g/mol. The second-order valence-electron chi connectivity index (χ2n) is 8.54. The normalized spacial score (nSPS) is 38.8. The summed E-state index contributed by atoms with van der Waals surface area (Å²) in [5.41, 5.74) is 1.05. The van der Waals surface area contributed by atoms with Gasteiger partial charge in [0.25, 0.3) is 0 Å². The summed E-state index contributed by atoms with van der Waals surface area (Å²) in [5.74, 6) is -0.178. The van der Waals surface area contributed by atoms with Crippen LogP contribution >= 0.6 is 0 Å². The highest BCUT2D eigenvalue weighted by atomic mass is 16.7. The van der Waals surface area contributed by atoms with Crippen LogP contribution in [0.5, 0.6) is 5.75 Å². The molecule has 1 aromatic carbocycles. The van der Waals surface area contributed by atoms with Crippen molar-refractivity contribution in [3.8, 4) is 5.75 Å². The molecule has 4 N–H and O–H groups in total. The summed E-state index contributed by atoms with van der Waals surface area (Å²) in [6.45, 7) is -0.546. The number of carbonyl (C=O) groups excluding carboxylic acids is 1. The number of aliphatic hydroxyl groups excluding tert-OH is 4. The summed E-state index contributed by atoms with van der Waals surface area (Å²) < 4.78 is 27.9. The maximum absolute atomic E-state index is 13.3. The molecule has 1 aromatic rings. The lowest BCUT2D eigenvalue weighted by atomic mass is 9.76. The number of ether oxygens (including phenoxy) is 5. The Hall–Kier alpha value is -2.05. The van der Waals surface area contributed by atoms with Crippen LogP contribution in [0.3, 0.4) is 0 Å². The molecule has 0 bridgehead atoms. The van der Waals surface area contributed by atoms with Gasteiger partial charge in [-0.15, -0.1) is 0 Å². The number of ketones is 1. The molecule has 10 heteroatoms. The Morgan fingerprint density at radius 1 is 1.00 bits per heavy atom. The second-order valence-corrected chi connectivity index (χ2v) is 8.54. The van der Waals surface area contributed by atoms with Crippen molar-refractivity contribution in [2.45, 2.75) is 61.9 Å². The van der Waals surface area contributed by atoms with Gasteiger partial charge in [-0.1, -0.05) is 12.1 Å². The van der Waals surface area contributed by atoms with E-state index in [1.165, 1.54) is 6.26 Å². The fourth-order valence-corrected chi connectivity index (χ4v) is 4.68. The molecule has 0 spiro atoms. The molecule has 0 amide bonds. The van der Waals surface area contributed by atoms with Gasteiger partial charge in [0.15, 0.2) is 5.78 Å². The van der Waals surface area contributed by atoms with Crippen molar-refractivity contribution in [3.05, 3.63) is 36.1 Å². The lowest BCUT2D eigenvalue weighted by Gasteiger charge is -2.41. The van der Waals surface area contributed by atoms with Gasteiger partial charge < -0.3 is 44.1 Å². The van der Waals surface area contributed by atoms with E-state index in [-0.39, 0.29) is 24.1 Å². The van der Waals surface area contributed by atoms with Gasteiger partial charge in [0.2, 0.25) is 6.29 Å². The van der Waals surface area contributed by atoms with Crippen LogP contribution in [-0.4, -0.2) is 96.1 Å². The Bertz CT molecular complexity index is 853. The summed E-state index contributed by atoms with van der Waals surface area (Å²) in [4.78, 5) is 13.3. The number of methoxy groups -OCH3 is 2. The number of hydrogen-bond donors (Lipinski definition) is 4. The van der Waals surface area contributed by atoms with Crippen molar-refractivity contribution in [2.75, 3.05) is 20.8 Å². The first-order chi connectivity index (χ1) is 15.9. The van der Waals surface area contributed by atoms with Gasteiger partial charge in [0.1, 0.15) is 36.3 Å². The summed E-state index contributed by atoms with van der Waals surface area (Å²) >= 11 is 0. The first kappa shape index (κ1) is 24.1. The molecule has 33 heavy (non-hydrogen) atoms. The maximum atomic E-state index is 13.3. The summed E-state index contributed by atoms with van der Waals surface area (Å²) in [6.07, 6.45) is -4.80. The van der Waals surface area contributed by atoms with E-state index in [0.29, 0.717) is 29.7 Å². The maximum Gasteiger partial charge on any atom is 0.229 e. The zero-order valence-corrected chi connectivity index (χ0v) is 18.4. The van der Waals surface area contributed by atoms with Crippen LogP contribution in [0.1, 0.15) is 18.4 Å². The fourth-order valence-electron chi connectivity index (χ4n) is 4.68. The number of hydrogen-bond acceptors (Lipinski definition) is 10. The molecule has 4 rings (SSSR count). The molecule has 182 valence electrons. The Labute approximate surface area is 191 Å². The molecular formula is C23H30O10. The Morgan fingerprint density at radius 2 is 1.73 bits per heavy atom. The first-order valence-corrected chi connectivity index (χ1v) is 10.9. The van der Waals surface area contributed by atoms with E-state index in [4.69, 9.17) is 23.7 Å². The number of allylic oxidation sites excluding steroid dienone is 1. The van der Waals surface area contributed by atoms with Gasteiger partial charge in [-0.05, 0) is 17.7 Å². The molecule has 0 aromatic heterocycles. The van der Waals surface area contributed by atoms with Gasteiger partial charge >= 0.3 is 0 Å². The number of carbonyl (C=O) groups is 1. The van der Waals surface area contributed by atoms with Gasteiger partial charge in [-0.2, -0.15) is 0 Å². The zero-order valence-electron chi connectivity index (χ0n) is 18.4. The van der Waals surface area contributed by atoms with Crippen molar-refractivity contribution in [1.29, 1.82) is 0 Å². The predicted octanol–water partition coefficient (Wildman–Crippen LogP) is -0.386. The summed E-state index contributed by atoms with van der Waals surface area (Å²) in [6, 6.07) is 6.53. The highest BCUT2D eigenvalue weighted by Crippen LogP contribution is 2.38. The van der Waals surface area contributed by atoms with Crippen molar-refractivity contribution < 1.29 is 48.9 Å².